The predicted octanol–water partition coefficient (Wildman–Crippen LogP) is 6.87. The zero-order valence-electron chi connectivity index (χ0n) is 18.6. The molecule has 0 aliphatic heterocycles. The van der Waals surface area contributed by atoms with Gasteiger partial charge in [-0.15, -0.1) is 0 Å². The van der Waals surface area contributed by atoms with Gasteiger partial charge in [0, 0.05) is 12.0 Å². The zero-order valence-corrected chi connectivity index (χ0v) is 18.6. The number of rotatable bonds is 11. The van der Waals surface area contributed by atoms with E-state index in [2.05, 4.69) is 36.4 Å². The van der Waals surface area contributed by atoms with Crippen LogP contribution in [0.5, 0.6) is 11.5 Å². The summed E-state index contributed by atoms with van der Waals surface area (Å²) in [6, 6.07) is 36.2. The molecule has 4 aromatic carbocycles. The maximum Gasteiger partial charge on any atom is 0.162 e. The molecule has 0 bridgehead atoms. The summed E-state index contributed by atoms with van der Waals surface area (Å²) < 4.78 is 12.6. The minimum absolute atomic E-state index is 0.178. The minimum Gasteiger partial charge on any atom is -0.490 e. The van der Waals surface area contributed by atoms with E-state index in [0.717, 1.165) is 31.1 Å². The molecule has 0 heterocycles. The van der Waals surface area contributed by atoms with Gasteiger partial charge in [0.05, 0.1) is 6.61 Å². The highest BCUT2D eigenvalue weighted by Gasteiger charge is 2.17. The normalized spacial score (nSPS) is 11.5. The van der Waals surface area contributed by atoms with Gasteiger partial charge in [0.2, 0.25) is 0 Å². The molecular formula is C30H28O3. The van der Waals surface area contributed by atoms with E-state index < -0.39 is 0 Å². The van der Waals surface area contributed by atoms with Gasteiger partial charge in [-0.05, 0) is 47.7 Å². The summed E-state index contributed by atoms with van der Waals surface area (Å²) in [6.45, 7) is 0.544. The van der Waals surface area contributed by atoms with E-state index in [-0.39, 0.29) is 6.10 Å². The molecule has 1 unspecified atom stereocenters. The van der Waals surface area contributed by atoms with E-state index in [0.29, 0.717) is 23.7 Å². The number of hydrogen-bond donors (Lipinski definition) is 0. The Balaban J connectivity index is 1.50. The van der Waals surface area contributed by atoms with Crippen molar-refractivity contribution in [3.05, 3.63) is 131 Å². The van der Waals surface area contributed by atoms with Crippen molar-refractivity contribution in [2.45, 2.75) is 25.4 Å². The summed E-state index contributed by atoms with van der Waals surface area (Å²) in [4.78, 5) is 11.4. The molecule has 0 amide bonds. The molecule has 0 saturated carbocycles. The van der Waals surface area contributed by atoms with Crippen LogP contribution in [0.2, 0.25) is 0 Å². The zero-order chi connectivity index (χ0) is 22.7. The summed E-state index contributed by atoms with van der Waals surface area (Å²) in [5, 5.41) is 0. The van der Waals surface area contributed by atoms with Crippen LogP contribution in [-0.2, 0) is 12.8 Å². The lowest BCUT2D eigenvalue weighted by Gasteiger charge is -2.22. The third-order valence-electron chi connectivity index (χ3n) is 5.52. The van der Waals surface area contributed by atoms with Crippen molar-refractivity contribution < 1.29 is 14.3 Å². The lowest BCUT2D eigenvalue weighted by Crippen LogP contribution is -2.12. The van der Waals surface area contributed by atoms with Crippen LogP contribution < -0.4 is 9.47 Å². The number of hydrogen-bond acceptors (Lipinski definition) is 3. The Labute approximate surface area is 195 Å². The van der Waals surface area contributed by atoms with Crippen molar-refractivity contribution in [1.82, 2.24) is 0 Å². The maximum absolute atomic E-state index is 11.4. The third kappa shape index (κ3) is 6.56. The van der Waals surface area contributed by atoms with Crippen LogP contribution >= 0.6 is 0 Å². The Morgan fingerprint density at radius 3 is 2.00 bits per heavy atom. The smallest absolute Gasteiger partial charge is 0.162 e. The fourth-order valence-electron chi connectivity index (χ4n) is 3.79. The largest absolute Gasteiger partial charge is 0.490 e. The van der Waals surface area contributed by atoms with E-state index in [1.165, 1.54) is 11.1 Å². The van der Waals surface area contributed by atoms with Crippen LogP contribution in [0.25, 0.3) is 0 Å². The van der Waals surface area contributed by atoms with E-state index in [9.17, 15) is 4.79 Å². The first-order valence-electron chi connectivity index (χ1n) is 11.3. The molecule has 4 aromatic rings. The highest BCUT2D eigenvalue weighted by molar-refractivity contribution is 5.76. The molecule has 0 aliphatic carbocycles. The van der Waals surface area contributed by atoms with Gasteiger partial charge in [-0.3, -0.25) is 4.79 Å². The van der Waals surface area contributed by atoms with Crippen LogP contribution in [-0.4, -0.2) is 12.9 Å². The van der Waals surface area contributed by atoms with Crippen LogP contribution in [0.15, 0.2) is 109 Å². The van der Waals surface area contributed by atoms with E-state index >= 15 is 0 Å². The van der Waals surface area contributed by atoms with E-state index in [1.54, 1.807) is 12.1 Å². The van der Waals surface area contributed by atoms with E-state index in [4.69, 9.17) is 9.47 Å². The first-order chi connectivity index (χ1) is 16.3. The van der Waals surface area contributed by atoms with Crippen molar-refractivity contribution in [1.29, 1.82) is 0 Å². The molecule has 33 heavy (non-hydrogen) atoms. The molecule has 0 fully saturated rings. The van der Waals surface area contributed by atoms with Gasteiger partial charge < -0.3 is 9.47 Å². The van der Waals surface area contributed by atoms with Gasteiger partial charge in [-0.2, -0.15) is 0 Å². The molecule has 4 rings (SSSR count). The fourth-order valence-corrected chi connectivity index (χ4v) is 3.79. The second kappa shape index (κ2) is 11.7. The molecular weight excluding hydrogens is 408 g/mol. The van der Waals surface area contributed by atoms with Crippen LogP contribution in [0.1, 0.15) is 39.6 Å². The molecule has 0 aliphatic rings. The van der Waals surface area contributed by atoms with Crippen molar-refractivity contribution in [3.8, 4) is 11.5 Å². The number of carbonyl (C=O) groups is 1. The fraction of sp³-hybridized carbons (Fsp3) is 0.167. The molecule has 0 aromatic heterocycles. The maximum atomic E-state index is 11.4. The topological polar surface area (TPSA) is 35.5 Å². The summed E-state index contributed by atoms with van der Waals surface area (Å²) in [6.07, 6.45) is 3.20. The first kappa shape index (κ1) is 22.3. The summed E-state index contributed by atoms with van der Waals surface area (Å²) in [5.74, 6) is 1.24. The Morgan fingerprint density at radius 1 is 0.697 bits per heavy atom. The number of carbonyl (C=O) groups excluding carboxylic acids is 1. The summed E-state index contributed by atoms with van der Waals surface area (Å²) in [5.41, 5.74) is 4.14. The molecule has 0 saturated heterocycles. The number of aryl methyl sites for hydroxylation is 1. The second-order valence-electron chi connectivity index (χ2n) is 7.97. The van der Waals surface area contributed by atoms with Crippen LogP contribution in [0, 0.1) is 0 Å². The lowest BCUT2D eigenvalue weighted by molar-refractivity contribution is 0.112. The van der Waals surface area contributed by atoms with E-state index in [1.807, 2.05) is 60.7 Å². The number of ether oxygens (including phenoxy) is 2. The first-order valence-corrected chi connectivity index (χ1v) is 11.3. The molecule has 1 atom stereocenters. The molecule has 0 radical (unpaired) electrons. The number of benzene rings is 4. The number of aldehydes is 1. The summed E-state index contributed by atoms with van der Waals surface area (Å²) in [7, 11) is 0. The van der Waals surface area contributed by atoms with Gasteiger partial charge in [0.25, 0.3) is 0 Å². The quantitative estimate of drug-likeness (QED) is 0.190. The summed E-state index contributed by atoms with van der Waals surface area (Å²) >= 11 is 0. The van der Waals surface area contributed by atoms with Crippen molar-refractivity contribution in [2.24, 2.45) is 0 Å². The Hall–Kier alpha value is -3.85. The Bertz CT molecular complexity index is 1130. The minimum atomic E-state index is -0.178. The highest BCUT2D eigenvalue weighted by atomic mass is 16.5. The molecule has 166 valence electrons. The van der Waals surface area contributed by atoms with Gasteiger partial charge >= 0.3 is 0 Å². The Kier molecular flexibility index (Phi) is 7.91. The highest BCUT2D eigenvalue weighted by Crippen LogP contribution is 2.34. The molecule has 3 heteroatoms. The van der Waals surface area contributed by atoms with Crippen molar-refractivity contribution >= 4 is 6.29 Å². The van der Waals surface area contributed by atoms with Crippen molar-refractivity contribution in [3.63, 3.8) is 0 Å². The average molecular weight is 437 g/mol. The SMILES string of the molecule is O=Cc1ccc(OC(Cc2ccccc2)c2ccccc2)c(OCCCc2ccccc2)c1. The predicted molar refractivity (Wildman–Crippen MR) is 132 cm³/mol. The van der Waals surface area contributed by atoms with Gasteiger partial charge in [0.15, 0.2) is 11.5 Å². The van der Waals surface area contributed by atoms with Gasteiger partial charge in [-0.25, -0.2) is 0 Å². The van der Waals surface area contributed by atoms with Crippen LogP contribution in [0.3, 0.4) is 0 Å². The molecule has 0 N–H and O–H groups in total. The molecule has 0 spiro atoms. The average Bonchev–Trinajstić information content (AvgIpc) is 2.88. The van der Waals surface area contributed by atoms with Gasteiger partial charge in [0.1, 0.15) is 12.4 Å². The Morgan fingerprint density at radius 2 is 1.33 bits per heavy atom. The third-order valence-corrected chi connectivity index (χ3v) is 5.52. The lowest BCUT2D eigenvalue weighted by atomic mass is 10.0. The standard InChI is InChI=1S/C30H28O3/c31-23-26-18-19-28(30(22-26)32-20-10-15-24-11-4-1-5-12-24)33-29(27-16-8-3-9-17-27)21-25-13-6-2-7-14-25/h1-9,11-14,16-19,22-23,29H,10,15,20-21H2. The van der Waals surface area contributed by atoms with Crippen LogP contribution in [0.4, 0.5) is 0 Å². The monoisotopic (exact) mass is 436 g/mol. The van der Waals surface area contributed by atoms with Crippen molar-refractivity contribution in [2.75, 3.05) is 6.61 Å². The second-order valence-corrected chi connectivity index (χ2v) is 7.97. The van der Waals surface area contributed by atoms with Gasteiger partial charge in [-0.1, -0.05) is 91.0 Å². The molecule has 3 nitrogen and oxygen atoms in total.